The Balaban J connectivity index is 0.000000922. The van der Waals surface area contributed by atoms with E-state index in [4.69, 9.17) is 9.84 Å². The molecule has 0 bridgehead atoms. The van der Waals surface area contributed by atoms with Crippen molar-refractivity contribution in [1.29, 1.82) is 0 Å². The smallest absolute Gasteiger partial charge is 0.314 e. The van der Waals surface area contributed by atoms with Gasteiger partial charge in [-0.3, -0.25) is 4.79 Å². The molecule has 0 saturated carbocycles. The summed E-state index contributed by atoms with van der Waals surface area (Å²) in [5.74, 6) is -0.322. The van der Waals surface area contributed by atoms with Crippen LogP contribution in [0.15, 0.2) is 30.3 Å². The molecule has 1 fully saturated rings. The van der Waals surface area contributed by atoms with Crippen molar-refractivity contribution >= 4 is 18.4 Å². The summed E-state index contributed by atoms with van der Waals surface area (Å²) in [6.45, 7) is 2.92. The van der Waals surface area contributed by atoms with Gasteiger partial charge in [-0.2, -0.15) is 0 Å². The van der Waals surface area contributed by atoms with Crippen molar-refractivity contribution in [2.45, 2.75) is 38.1 Å². The van der Waals surface area contributed by atoms with Crippen molar-refractivity contribution < 1.29 is 14.6 Å². The highest BCUT2D eigenvalue weighted by atomic mass is 35.5. The summed E-state index contributed by atoms with van der Waals surface area (Å²) in [6, 6.07) is 10.1. The summed E-state index contributed by atoms with van der Waals surface area (Å²) in [5.41, 5.74) is 1.04. The molecule has 2 unspecified atom stereocenters. The first-order valence-electron chi connectivity index (χ1n) is 7.21. The van der Waals surface area contributed by atoms with Gasteiger partial charge in [-0.25, -0.2) is 0 Å². The average Bonchev–Trinajstić information content (AvgIpc) is 2.50. The van der Waals surface area contributed by atoms with Gasteiger partial charge in [0.05, 0.1) is 13.0 Å². The van der Waals surface area contributed by atoms with Gasteiger partial charge in [0.2, 0.25) is 0 Å². The first kappa shape index (κ1) is 19.9. The van der Waals surface area contributed by atoms with E-state index in [0.717, 1.165) is 18.5 Å². The molecule has 1 saturated heterocycles. The molecule has 2 N–H and O–H groups in total. The molecule has 1 aliphatic rings. The third-order valence-electron chi connectivity index (χ3n) is 3.36. The number of halogens is 1. The predicted octanol–water partition coefficient (Wildman–Crippen LogP) is 2.51. The van der Waals surface area contributed by atoms with E-state index in [0.29, 0.717) is 0 Å². The Labute approximate surface area is 133 Å². The fourth-order valence-corrected chi connectivity index (χ4v) is 2.48. The molecule has 1 aromatic rings. The minimum atomic E-state index is -0.179. The molecule has 4 nitrogen and oxygen atoms in total. The van der Waals surface area contributed by atoms with Crippen LogP contribution in [0, 0.1) is 0 Å². The second-order valence-corrected chi connectivity index (χ2v) is 4.78. The Bertz CT molecular complexity index is 380. The number of rotatable bonds is 3. The Morgan fingerprint density at radius 3 is 2.48 bits per heavy atom. The van der Waals surface area contributed by atoms with Gasteiger partial charge in [0, 0.05) is 12.6 Å². The van der Waals surface area contributed by atoms with Crippen LogP contribution >= 0.6 is 12.4 Å². The topological polar surface area (TPSA) is 58.6 Å². The zero-order chi connectivity index (χ0) is 14.8. The number of hydrogen-bond acceptors (Lipinski definition) is 4. The molecule has 1 heterocycles. The fourth-order valence-electron chi connectivity index (χ4n) is 2.48. The van der Waals surface area contributed by atoms with Gasteiger partial charge < -0.3 is 15.2 Å². The number of aliphatic hydroxyl groups is 1. The van der Waals surface area contributed by atoms with Gasteiger partial charge in [0.25, 0.3) is 0 Å². The van der Waals surface area contributed by atoms with Crippen LogP contribution in [0.1, 0.15) is 37.7 Å². The minimum absolute atomic E-state index is 0. The van der Waals surface area contributed by atoms with Gasteiger partial charge in [0.15, 0.2) is 0 Å². The zero-order valence-corrected chi connectivity index (χ0v) is 13.6. The molecular weight excluding hydrogens is 290 g/mol. The molecule has 0 radical (unpaired) electrons. The van der Waals surface area contributed by atoms with E-state index in [-0.39, 0.29) is 36.9 Å². The van der Waals surface area contributed by atoms with E-state index in [2.05, 4.69) is 5.32 Å². The van der Waals surface area contributed by atoms with E-state index in [9.17, 15) is 4.79 Å². The molecule has 0 spiro atoms. The first-order chi connectivity index (χ1) is 9.74. The summed E-state index contributed by atoms with van der Waals surface area (Å²) >= 11 is 0. The van der Waals surface area contributed by atoms with Crippen LogP contribution in [0.2, 0.25) is 0 Å². The third kappa shape index (κ3) is 6.46. The van der Waals surface area contributed by atoms with Crippen LogP contribution in [-0.4, -0.2) is 37.4 Å². The predicted molar refractivity (Wildman–Crippen MR) is 86.8 cm³/mol. The number of methoxy groups -OCH3 is 1. The number of carbonyl (C=O) groups excluding carboxylic acids is 1. The Morgan fingerprint density at radius 1 is 1.38 bits per heavy atom. The van der Waals surface area contributed by atoms with Crippen LogP contribution in [0.5, 0.6) is 0 Å². The van der Waals surface area contributed by atoms with Crippen molar-refractivity contribution in [3.8, 4) is 0 Å². The Morgan fingerprint density at radius 2 is 2.00 bits per heavy atom. The zero-order valence-electron chi connectivity index (χ0n) is 12.7. The molecule has 21 heavy (non-hydrogen) atoms. The molecule has 0 aromatic heterocycles. The van der Waals surface area contributed by atoms with Crippen molar-refractivity contribution in [2.75, 3.05) is 20.3 Å². The van der Waals surface area contributed by atoms with Gasteiger partial charge in [-0.15, -0.1) is 12.4 Å². The average molecular weight is 316 g/mol. The highest BCUT2D eigenvalue weighted by molar-refractivity contribution is 5.85. The van der Waals surface area contributed by atoms with Crippen LogP contribution in [0.25, 0.3) is 0 Å². The number of aliphatic hydroxyl groups excluding tert-OH is 1. The maximum atomic E-state index is 11.9. The number of piperidine rings is 1. The second kappa shape index (κ2) is 11.5. The monoisotopic (exact) mass is 315 g/mol. The van der Waals surface area contributed by atoms with Crippen molar-refractivity contribution in [2.24, 2.45) is 0 Å². The molecule has 0 aliphatic carbocycles. The van der Waals surface area contributed by atoms with Crippen LogP contribution in [0.4, 0.5) is 0 Å². The number of hydrogen-bond donors (Lipinski definition) is 2. The normalized spacial score (nSPS) is 18.5. The molecular formula is C16H26ClNO3. The van der Waals surface area contributed by atoms with Crippen molar-refractivity contribution in [3.05, 3.63) is 35.9 Å². The van der Waals surface area contributed by atoms with E-state index in [1.807, 2.05) is 30.3 Å². The second-order valence-electron chi connectivity index (χ2n) is 4.78. The molecule has 2 rings (SSSR count). The molecule has 1 aromatic carbocycles. The molecule has 1 aliphatic heterocycles. The fraction of sp³-hybridized carbons (Fsp3) is 0.562. The lowest BCUT2D eigenvalue weighted by Crippen LogP contribution is -2.42. The number of esters is 1. The third-order valence-corrected chi connectivity index (χ3v) is 3.36. The standard InChI is InChI=1S/C14H19NO2.C2H6O.ClH/c1-17-14(16)13(11-7-3-2-4-8-11)12-9-5-6-10-15-12;1-2-3;/h2-4,7-8,12-13,15H,5-6,9-10H2,1H3;3H,2H2,1H3;1H. The Hall–Kier alpha value is -1.10. The van der Waals surface area contributed by atoms with Crippen molar-refractivity contribution in [1.82, 2.24) is 5.32 Å². The summed E-state index contributed by atoms with van der Waals surface area (Å²) in [4.78, 5) is 11.9. The van der Waals surface area contributed by atoms with Crippen LogP contribution < -0.4 is 5.32 Å². The maximum absolute atomic E-state index is 11.9. The number of nitrogens with one attached hydrogen (secondary N) is 1. The highest BCUT2D eigenvalue weighted by Crippen LogP contribution is 2.26. The minimum Gasteiger partial charge on any atom is -0.469 e. The molecule has 2 atom stereocenters. The molecule has 120 valence electrons. The van der Waals surface area contributed by atoms with E-state index in [1.54, 1.807) is 6.92 Å². The van der Waals surface area contributed by atoms with Crippen molar-refractivity contribution in [3.63, 3.8) is 0 Å². The van der Waals surface area contributed by atoms with Gasteiger partial charge in [-0.1, -0.05) is 36.8 Å². The summed E-state index contributed by atoms with van der Waals surface area (Å²) in [5, 5.41) is 11.0. The van der Waals surface area contributed by atoms with Gasteiger partial charge in [-0.05, 0) is 31.9 Å². The SMILES string of the molecule is CCO.COC(=O)C(c1ccccc1)C1CCCCN1.Cl. The maximum Gasteiger partial charge on any atom is 0.314 e. The lowest BCUT2D eigenvalue weighted by Gasteiger charge is -2.29. The van der Waals surface area contributed by atoms with Crippen LogP contribution in [0.3, 0.4) is 0 Å². The highest BCUT2D eigenvalue weighted by Gasteiger charge is 2.31. The summed E-state index contributed by atoms with van der Waals surface area (Å²) in [6.07, 6.45) is 3.41. The lowest BCUT2D eigenvalue weighted by atomic mass is 9.86. The quantitative estimate of drug-likeness (QED) is 0.842. The molecule has 0 amide bonds. The summed E-state index contributed by atoms with van der Waals surface area (Å²) in [7, 11) is 1.46. The van der Waals surface area contributed by atoms with E-state index < -0.39 is 0 Å². The van der Waals surface area contributed by atoms with E-state index >= 15 is 0 Å². The number of benzene rings is 1. The van der Waals surface area contributed by atoms with Gasteiger partial charge in [0.1, 0.15) is 0 Å². The Kier molecular flexibility index (Phi) is 10.9. The van der Waals surface area contributed by atoms with Gasteiger partial charge >= 0.3 is 5.97 Å². The summed E-state index contributed by atoms with van der Waals surface area (Å²) < 4.78 is 4.94. The largest absolute Gasteiger partial charge is 0.469 e. The molecule has 5 heteroatoms. The number of ether oxygens (including phenoxy) is 1. The first-order valence-corrected chi connectivity index (χ1v) is 7.21. The number of carbonyl (C=O) groups is 1. The lowest BCUT2D eigenvalue weighted by molar-refractivity contribution is -0.143. The van der Waals surface area contributed by atoms with E-state index in [1.165, 1.54) is 20.0 Å². The van der Waals surface area contributed by atoms with Crippen LogP contribution in [-0.2, 0) is 9.53 Å².